The number of fused-ring (bicyclic) bond motifs is 5. The molecule has 4 fully saturated rings. The maximum atomic E-state index is 11.7. The minimum atomic E-state index is -0.671. The van der Waals surface area contributed by atoms with E-state index in [1.54, 1.807) is 0 Å². The molecule has 4 aliphatic carbocycles. The average Bonchev–Trinajstić information content (AvgIpc) is 3.29. The van der Waals surface area contributed by atoms with Crippen LogP contribution in [-0.2, 0) is 11.3 Å². The van der Waals surface area contributed by atoms with Crippen LogP contribution in [0.2, 0.25) is 0 Å². The minimum absolute atomic E-state index is 0.176. The van der Waals surface area contributed by atoms with Crippen molar-refractivity contribution in [2.45, 2.75) is 117 Å². The molecular weight excluding hydrogens is 498 g/mol. The first kappa shape index (κ1) is 30.0. The predicted molar refractivity (Wildman–Crippen MR) is 160 cm³/mol. The Morgan fingerprint density at radius 2 is 1.82 bits per heavy atom. The molecule has 0 radical (unpaired) electrons. The van der Waals surface area contributed by atoms with Crippen LogP contribution < -0.4 is 10.6 Å². The SMILES string of the molecule is C[C@H](CCC(=O)O)C1CCC2C3C(CC[C@@]21C)[C@@]1(C)CC[C@@H](NCCCCNCc2ccccn2)C[C@@H]1C[C@H]3O. The Morgan fingerprint density at radius 3 is 2.60 bits per heavy atom. The average molecular weight is 554 g/mol. The largest absolute Gasteiger partial charge is 0.481 e. The zero-order chi connectivity index (χ0) is 28.3. The summed E-state index contributed by atoms with van der Waals surface area (Å²) in [6, 6.07) is 6.65. The minimum Gasteiger partial charge on any atom is -0.481 e. The van der Waals surface area contributed by atoms with Crippen LogP contribution >= 0.6 is 0 Å². The van der Waals surface area contributed by atoms with Crippen LogP contribution in [0.15, 0.2) is 24.4 Å². The van der Waals surface area contributed by atoms with E-state index in [4.69, 9.17) is 0 Å². The van der Waals surface area contributed by atoms with Gasteiger partial charge in [-0.1, -0.05) is 26.8 Å². The summed E-state index contributed by atoms with van der Waals surface area (Å²) in [6.45, 7) is 10.3. The standard InChI is InChI=1S/C34H55N3O3/c1-23(9-12-31(39)40)27-10-11-28-32-29(14-16-34(27,28)3)33(2)15-13-25(20-24(33)21-30(32)38)36-19-7-6-17-35-22-26-8-4-5-18-37-26/h4-5,8,18,23-25,27-30,32,35-36,38H,6-7,9-17,19-22H2,1-3H3,(H,39,40)/t23-,24-,25-,27?,28?,29?,30-,32?,33+,34-/m1/s1. The zero-order valence-electron chi connectivity index (χ0n) is 25.3. The fourth-order valence-electron chi connectivity index (χ4n) is 10.3. The number of rotatable bonds is 12. The van der Waals surface area contributed by atoms with Crippen LogP contribution in [-0.4, -0.2) is 46.4 Å². The molecule has 224 valence electrons. The molecule has 4 unspecified atom stereocenters. The van der Waals surface area contributed by atoms with E-state index < -0.39 is 5.97 Å². The van der Waals surface area contributed by atoms with Crippen LogP contribution in [0.25, 0.3) is 0 Å². The molecule has 1 heterocycles. The lowest BCUT2D eigenvalue weighted by Crippen LogP contribution is -2.59. The molecule has 0 saturated heterocycles. The molecule has 40 heavy (non-hydrogen) atoms. The zero-order valence-corrected chi connectivity index (χ0v) is 25.3. The Kier molecular flexibility index (Phi) is 9.58. The van der Waals surface area contributed by atoms with Crippen LogP contribution in [0.3, 0.4) is 0 Å². The summed E-state index contributed by atoms with van der Waals surface area (Å²) >= 11 is 0. The van der Waals surface area contributed by atoms with Crippen molar-refractivity contribution in [2.24, 2.45) is 46.3 Å². The van der Waals surface area contributed by atoms with E-state index in [1.165, 1.54) is 57.8 Å². The van der Waals surface area contributed by atoms with Gasteiger partial charge in [0.25, 0.3) is 0 Å². The maximum absolute atomic E-state index is 11.7. The molecule has 0 spiro atoms. The number of aliphatic carboxylic acids is 1. The van der Waals surface area contributed by atoms with Gasteiger partial charge in [-0.05, 0) is 142 Å². The van der Waals surface area contributed by atoms with Crippen molar-refractivity contribution >= 4 is 5.97 Å². The third-order valence-corrected chi connectivity index (χ3v) is 12.5. The molecule has 1 aromatic heterocycles. The molecule has 4 saturated carbocycles. The van der Waals surface area contributed by atoms with E-state index in [1.807, 2.05) is 18.3 Å². The van der Waals surface area contributed by atoms with E-state index in [-0.39, 0.29) is 17.9 Å². The molecule has 4 N–H and O–H groups in total. The highest BCUT2D eigenvalue weighted by Crippen LogP contribution is 2.68. The Hall–Kier alpha value is -1.50. The first-order valence-electron chi connectivity index (χ1n) is 16.5. The highest BCUT2D eigenvalue weighted by Gasteiger charge is 2.62. The Morgan fingerprint density at radius 1 is 1.05 bits per heavy atom. The van der Waals surface area contributed by atoms with E-state index in [0.29, 0.717) is 47.0 Å². The van der Waals surface area contributed by atoms with Gasteiger partial charge in [0, 0.05) is 25.2 Å². The van der Waals surface area contributed by atoms with Gasteiger partial charge in [0.15, 0.2) is 0 Å². The number of aromatic nitrogens is 1. The van der Waals surface area contributed by atoms with Crippen molar-refractivity contribution in [3.8, 4) is 0 Å². The number of aliphatic hydroxyl groups excluding tert-OH is 1. The molecule has 5 rings (SSSR count). The molecular formula is C34H55N3O3. The lowest BCUT2D eigenvalue weighted by atomic mass is 9.43. The molecule has 1 aromatic rings. The summed E-state index contributed by atoms with van der Waals surface area (Å²) in [7, 11) is 0. The molecule has 0 bridgehead atoms. The Bertz CT molecular complexity index is 974. The molecule has 4 aliphatic rings. The highest BCUT2D eigenvalue weighted by atomic mass is 16.4. The lowest BCUT2D eigenvalue weighted by molar-refractivity contribution is -0.167. The number of unbranched alkanes of at least 4 members (excludes halogenated alkanes) is 1. The number of hydrogen-bond donors (Lipinski definition) is 4. The molecule has 6 heteroatoms. The monoisotopic (exact) mass is 553 g/mol. The number of carboxylic acid groups (broad SMARTS) is 1. The lowest BCUT2D eigenvalue weighted by Gasteiger charge is -2.62. The number of nitrogens with one attached hydrogen (secondary N) is 2. The number of pyridine rings is 1. The van der Waals surface area contributed by atoms with Crippen molar-refractivity contribution in [3.63, 3.8) is 0 Å². The second-order valence-electron chi connectivity index (χ2n) is 14.6. The van der Waals surface area contributed by atoms with Gasteiger partial charge < -0.3 is 20.8 Å². The van der Waals surface area contributed by atoms with Gasteiger partial charge in [-0.15, -0.1) is 0 Å². The summed E-state index contributed by atoms with van der Waals surface area (Å²) in [5.74, 6) is 2.66. The maximum Gasteiger partial charge on any atom is 0.303 e. The Balaban J connectivity index is 1.10. The fourth-order valence-corrected chi connectivity index (χ4v) is 10.3. The van der Waals surface area contributed by atoms with Crippen molar-refractivity contribution in [1.29, 1.82) is 0 Å². The summed E-state index contributed by atoms with van der Waals surface area (Å²) < 4.78 is 0. The van der Waals surface area contributed by atoms with Gasteiger partial charge in [0.05, 0.1) is 11.8 Å². The molecule has 10 atom stereocenters. The summed E-state index contributed by atoms with van der Waals surface area (Å²) in [5, 5.41) is 28.3. The molecule has 0 aliphatic heterocycles. The number of nitrogens with zero attached hydrogens (tertiary/aromatic N) is 1. The third-order valence-electron chi connectivity index (χ3n) is 12.5. The predicted octanol–water partition coefficient (Wildman–Crippen LogP) is 6.04. The summed E-state index contributed by atoms with van der Waals surface area (Å²) in [4.78, 5) is 15.6. The third kappa shape index (κ3) is 6.15. The van der Waals surface area contributed by atoms with Gasteiger partial charge in [0.2, 0.25) is 0 Å². The van der Waals surface area contributed by atoms with Gasteiger partial charge in [-0.2, -0.15) is 0 Å². The highest BCUT2D eigenvalue weighted by molar-refractivity contribution is 5.66. The second-order valence-corrected chi connectivity index (χ2v) is 14.6. The van der Waals surface area contributed by atoms with E-state index >= 15 is 0 Å². The van der Waals surface area contributed by atoms with E-state index in [0.717, 1.165) is 38.2 Å². The van der Waals surface area contributed by atoms with Crippen molar-refractivity contribution in [3.05, 3.63) is 30.1 Å². The first-order valence-corrected chi connectivity index (χ1v) is 16.5. The molecule has 0 aromatic carbocycles. The van der Waals surface area contributed by atoms with Crippen molar-refractivity contribution in [2.75, 3.05) is 13.1 Å². The normalized spacial score (nSPS) is 39.6. The summed E-state index contributed by atoms with van der Waals surface area (Å²) in [5.41, 5.74) is 1.71. The van der Waals surface area contributed by atoms with Gasteiger partial charge in [0.1, 0.15) is 0 Å². The topological polar surface area (TPSA) is 94.5 Å². The second kappa shape index (κ2) is 12.8. The number of carboxylic acids is 1. The number of hydrogen-bond acceptors (Lipinski definition) is 5. The molecule has 0 amide bonds. The van der Waals surface area contributed by atoms with Crippen LogP contribution in [0.5, 0.6) is 0 Å². The van der Waals surface area contributed by atoms with Crippen LogP contribution in [0, 0.1) is 46.3 Å². The smallest absolute Gasteiger partial charge is 0.303 e. The van der Waals surface area contributed by atoms with E-state index in [2.05, 4.69) is 42.5 Å². The van der Waals surface area contributed by atoms with Gasteiger partial charge >= 0.3 is 5.97 Å². The van der Waals surface area contributed by atoms with E-state index in [9.17, 15) is 15.0 Å². The quantitative estimate of drug-likeness (QED) is 0.236. The summed E-state index contributed by atoms with van der Waals surface area (Å²) in [6.07, 6.45) is 14.8. The fraction of sp³-hybridized carbons (Fsp3) is 0.824. The van der Waals surface area contributed by atoms with Crippen molar-refractivity contribution < 1.29 is 15.0 Å². The number of carbonyl (C=O) groups is 1. The van der Waals surface area contributed by atoms with Crippen LogP contribution in [0.4, 0.5) is 0 Å². The van der Waals surface area contributed by atoms with Gasteiger partial charge in [-0.3, -0.25) is 9.78 Å². The number of aliphatic hydroxyl groups is 1. The van der Waals surface area contributed by atoms with Gasteiger partial charge in [-0.25, -0.2) is 0 Å². The van der Waals surface area contributed by atoms with Crippen molar-refractivity contribution in [1.82, 2.24) is 15.6 Å². The first-order chi connectivity index (χ1) is 19.2. The van der Waals surface area contributed by atoms with Crippen LogP contribution in [0.1, 0.15) is 104 Å². The molecule has 6 nitrogen and oxygen atoms in total. The Labute approximate surface area is 242 Å².